The minimum Gasteiger partial charge on any atom is -0.469 e. The van der Waals surface area contributed by atoms with Gasteiger partial charge in [0.05, 0.1) is 25.9 Å². The molecule has 0 aliphatic carbocycles. The van der Waals surface area contributed by atoms with Crippen molar-refractivity contribution in [3.8, 4) is 0 Å². The molecule has 0 amide bonds. The van der Waals surface area contributed by atoms with Gasteiger partial charge < -0.3 is 14.8 Å². The van der Waals surface area contributed by atoms with E-state index in [0.717, 1.165) is 12.1 Å². The number of halogens is 1. The Bertz CT molecular complexity index is 421. The van der Waals surface area contributed by atoms with E-state index in [2.05, 4.69) is 10.1 Å². The van der Waals surface area contributed by atoms with Crippen LogP contribution >= 0.6 is 11.6 Å². The van der Waals surface area contributed by atoms with Crippen LogP contribution in [0.15, 0.2) is 24.3 Å². The Morgan fingerprint density at radius 1 is 1.47 bits per heavy atom. The van der Waals surface area contributed by atoms with Gasteiger partial charge in [-0.2, -0.15) is 0 Å². The Hall–Kier alpha value is -1.10. The average Bonchev–Trinajstić information content (AvgIpc) is 2.46. The van der Waals surface area contributed by atoms with Gasteiger partial charge in [-0.1, -0.05) is 23.7 Å². The summed E-state index contributed by atoms with van der Waals surface area (Å²) in [5.74, 6) is -0.205. The van der Waals surface area contributed by atoms with Crippen LogP contribution in [0.25, 0.3) is 0 Å². The van der Waals surface area contributed by atoms with Crippen LogP contribution in [0.5, 0.6) is 0 Å². The molecule has 1 aliphatic heterocycles. The smallest absolute Gasteiger partial charge is 0.305 e. The van der Waals surface area contributed by atoms with Gasteiger partial charge in [0, 0.05) is 18.0 Å². The van der Waals surface area contributed by atoms with Gasteiger partial charge in [0.1, 0.15) is 0 Å². The van der Waals surface area contributed by atoms with Gasteiger partial charge in [0.2, 0.25) is 0 Å². The lowest BCUT2D eigenvalue weighted by Crippen LogP contribution is -2.42. The summed E-state index contributed by atoms with van der Waals surface area (Å²) in [5, 5.41) is 4.14. The van der Waals surface area contributed by atoms with E-state index in [1.54, 1.807) is 0 Å². The van der Waals surface area contributed by atoms with Gasteiger partial charge >= 0.3 is 5.97 Å². The normalized spacial score (nSPS) is 23.1. The lowest BCUT2D eigenvalue weighted by Gasteiger charge is -2.33. The molecule has 1 N–H and O–H groups in total. The van der Waals surface area contributed by atoms with E-state index in [1.165, 1.54) is 7.11 Å². The molecule has 104 valence electrons. The summed E-state index contributed by atoms with van der Waals surface area (Å²) in [5.41, 5.74) is 1.12. The molecular weight excluding hydrogens is 266 g/mol. The number of methoxy groups -OCH3 is 1. The minimum atomic E-state index is -0.205. The first-order chi connectivity index (χ1) is 9.20. The van der Waals surface area contributed by atoms with Crippen molar-refractivity contribution < 1.29 is 14.3 Å². The maximum absolute atomic E-state index is 11.2. The Kier molecular flexibility index (Phi) is 5.19. The van der Waals surface area contributed by atoms with Gasteiger partial charge in [0.25, 0.3) is 0 Å². The molecule has 1 heterocycles. The maximum atomic E-state index is 11.2. The Morgan fingerprint density at radius 2 is 2.21 bits per heavy atom. The van der Waals surface area contributed by atoms with Crippen molar-refractivity contribution >= 4 is 17.6 Å². The number of carbonyl (C=O) groups is 1. The second kappa shape index (κ2) is 6.89. The summed E-state index contributed by atoms with van der Waals surface area (Å²) < 4.78 is 10.4. The largest absolute Gasteiger partial charge is 0.469 e. The number of hydrogen-bond donors (Lipinski definition) is 1. The standard InChI is InChI=1S/C14H18ClNO3/c1-18-13(17)7-6-12-14(16-8-9-19-12)10-2-4-11(15)5-3-10/h2-5,12,14,16H,6-9H2,1H3. The zero-order valence-electron chi connectivity index (χ0n) is 10.9. The summed E-state index contributed by atoms with van der Waals surface area (Å²) in [7, 11) is 1.40. The zero-order chi connectivity index (χ0) is 13.7. The molecule has 1 saturated heterocycles. The first-order valence-electron chi connectivity index (χ1n) is 6.38. The highest BCUT2D eigenvalue weighted by molar-refractivity contribution is 6.30. The Labute approximate surface area is 118 Å². The molecule has 19 heavy (non-hydrogen) atoms. The molecule has 1 aliphatic rings. The van der Waals surface area contributed by atoms with Gasteiger partial charge in [-0.25, -0.2) is 0 Å². The maximum Gasteiger partial charge on any atom is 0.305 e. The summed E-state index contributed by atoms with van der Waals surface area (Å²) in [6.45, 7) is 1.47. The summed E-state index contributed by atoms with van der Waals surface area (Å²) in [6.07, 6.45) is 0.994. The number of benzene rings is 1. The fourth-order valence-electron chi connectivity index (χ4n) is 2.27. The Morgan fingerprint density at radius 3 is 2.89 bits per heavy atom. The van der Waals surface area contributed by atoms with Crippen molar-refractivity contribution in [1.29, 1.82) is 0 Å². The quantitative estimate of drug-likeness (QED) is 0.862. The highest BCUT2D eigenvalue weighted by Gasteiger charge is 2.27. The topological polar surface area (TPSA) is 47.6 Å². The van der Waals surface area contributed by atoms with Gasteiger partial charge in [-0.15, -0.1) is 0 Å². The molecule has 0 aromatic heterocycles. The van der Waals surface area contributed by atoms with Crippen LogP contribution in [-0.2, 0) is 14.3 Å². The zero-order valence-corrected chi connectivity index (χ0v) is 11.7. The second-order valence-corrected chi connectivity index (χ2v) is 4.94. The van der Waals surface area contributed by atoms with Crippen LogP contribution < -0.4 is 5.32 Å². The number of esters is 1. The van der Waals surface area contributed by atoms with E-state index in [4.69, 9.17) is 16.3 Å². The molecule has 0 spiro atoms. The van der Waals surface area contributed by atoms with Gasteiger partial charge in [-0.3, -0.25) is 4.79 Å². The Balaban J connectivity index is 2.03. The van der Waals surface area contributed by atoms with E-state index < -0.39 is 0 Å². The predicted molar refractivity (Wildman–Crippen MR) is 73.2 cm³/mol. The highest BCUT2D eigenvalue weighted by Crippen LogP contribution is 2.26. The van der Waals surface area contributed by atoms with Crippen molar-refractivity contribution in [2.75, 3.05) is 20.3 Å². The third kappa shape index (κ3) is 3.93. The number of rotatable bonds is 4. The van der Waals surface area contributed by atoms with Crippen molar-refractivity contribution in [1.82, 2.24) is 5.32 Å². The lowest BCUT2D eigenvalue weighted by molar-refractivity contribution is -0.141. The van der Waals surface area contributed by atoms with Crippen LogP contribution in [0, 0.1) is 0 Å². The predicted octanol–water partition coefficient (Wildman–Crippen LogP) is 2.32. The van der Waals surface area contributed by atoms with Crippen LogP contribution in [0.1, 0.15) is 24.4 Å². The third-order valence-electron chi connectivity index (χ3n) is 3.26. The van der Waals surface area contributed by atoms with Gasteiger partial charge in [-0.05, 0) is 24.1 Å². The minimum absolute atomic E-state index is 0.0194. The average molecular weight is 284 g/mol. The number of ether oxygens (including phenoxy) is 2. The van der Waals surface area contributed by atoms with E-state index in [1.807, 2.05) is 24.3 Å². The number of nitrogens with one attached hydrogen (secondary N) is 1. The van der Waals surface area contributed by atoms with E-state index >= 15 is 0 Å². The van der Waals surface area contributed by atoms with Crippen LogP contribution in [0.2, 0.25) is 5.02 Å². The number of carbonyl (C=O) groups excluding carboxylic acids is 1. The molecule has 2 atom stereocenters. The number of hydrogen-bond acceptors (Lipinski definition) is 4. The van der Waals surface area contributed by atoms with Crippen molar-refractivity contribution in [2.24, 2.45) is 0 Å². The molecule has 5 heteroatoms. The molecule has 2 unspecified atom stereocenters. The molecule has 1 aromatic carbocycles. The van der Waals surface area contributed by atoms with Crippen molar-refractivity contribution in [3.05, 3.63) is 34.9 Å². The summed E-state index contributed by atoms with van der Waals surface area (Å²) in [6, 6.07) is 7.80. The molecule has 2 rings (SSSR count). The third-order valence-corrected chi connectivity index (χ3v) is 3.51. The molecular formula is C14H18ClNO3. The van der Waals surface area contributed by atoms with Crippen LogP contribution in [-0.4, -0.2) is 32.3 Å². The van der Waals surface area contributed by atoms with Crippen LogP contribution in [0.3, 0.4) is 0 Å². The molecule has 1 fully saturated rings. The first kappa shape index (κ1) is 14.3. The first-order valence-corrected chi connectivity index (χ1v) is 6.76. The molecule has 0 saturated carbocycles. The second-order valence-electron chi connectivity index (χ2n) is 4.51. The van der Waals surface area contributed by atoms with Gasteiger partial charge in [0.15, 0.2) is 0 Å². The lowest BCUT2D eigenvalue weighted by atomic mass is 9.97. The molecule has 4 nitrogen and oxygen atoms in total. The van der Waals surface area contributed by atoms with E-state index in [0.29, 0.717) is 24.5 Å². The molecule has 1 aromatic rings. The van der Waals surface area contributed by atoms with Crippen LogP contribution in [0.4, 0.5) is 0 Å². The molecule has 0 radical (unpaired) electrons. The fraction of sp³-hybridized carbons (Fsp3) is 0.500. The highest BCUT2D eigenvalue weighted by atomic mass is 35.5. The van der Waals surface area contributed by atoms with Crippen molar-refractivity contribution in [2.45, 2.75) is 25.0 Å². The number of morpholine rings is 1. The monoisotopic (exact) mass is 283 g/mol. The van der Waals surface area contributed by atoms with E-state index in [-0.39, 0.29) is 18.1 Å². The molecule has 0 bridgehead atoms. The summed E-state index contributed by atoms with van der Waals surface area (Å²) >= 11 is 5.90. The fourth-order valence-corrected chi connectivity index (χ4v) is 2.39. The van der Waals surface area contributed by atoms with E-state index in [9.17, 15) is 4.79 Å². The SMILES string of the molecule is COC(=O)CCC1OCCNC1c1ccc(Cl)cc1. The van der Waals surface area contributed by atoms with Crippen molar-refractivity contribution in [3.63, 3.8) is 0 Å². The summed E-state index contributed by atoms with van der Waals surface area (Å²) in [4.78, 5) is 11.2.